The zero-order valence-corrected chi connectivity index (χ0v) is 22.1. The lowest BCUT2D eigenvalue weighted by atomic mass is 10.1. The van der Waals surface area contributed by atoms with Crippen molar-refractivity contribution in [3.8, 4) is 0 Å². The molecule has 0 bridgehead atoms. The summed E-state index contributed by atoms with van der Waals surface area (Å²) in [5.74, 6) is -4.40. The van der Waals surface area contributed by atoms with Gasteiger partial charge in [-0.15, -0.1) is 0 Å². The highest BCUT2D eigenvalue weighted by Gasteiger charge is 2.31. The Morgan fingerprint density at radius 1 is 1.07 bits per heavy atom. The van der Waals surface area contributed by atoms with Crippen LogP contribution in [0, 0.1) is 11.6 Å². The normalized spacial score (nSPS) is 16.0. The second-order valence-electron chi connectivity index (χ2n) is 9.21. The van der Waals surface area contributed by atoms with Crippen LogP contribution in [0.15, 0.2) is 30.3 Å². The molecule has 0 aliphatic carbocycles. The molecule has 1 aliphatic heterocycles. The molecule has 0 saturated carbocycles. The fourth-order valence-electron chi connectivity index (χ4n) is 4.20. The van der Waals surface area contributed by atoms with Gasteiger partial charge in [0.05, 0.1) is 29.9 Å². The maximum Gasteiger partial charge on any atom is 0.390 e. The molecule has 5 N–H and O–H groups in total. The summed E-state index contributed by atoms with van der Waals surface area (Å²) in [5.41, 5.74) is 4.78. The molecule has 4 amide bonds. The number of alkyl halides is 3. The number of halogens is 6. The van der Waals surface area contributed by atoms with E-state index in [9.17, 15) is 36.3 Å². The number of hydrogen-bond acceptors (Lipinski definition) is 5. The molecule has 15 heteroatoms. The van der Waals surface area contributed by atoms with Crippen LogP contribution in [-0.2, 0) is 11.3 Å². The zero-order valence-electron chi connectivity index (χ0n) is 21.4. The average Bonchev–Trinajstić information content (AvgIpc) is 2.88. The average molecular weight is 591 g/mol. The van der Waals surface area contributed by atoms with Crippen molar-refractivity contribution in [3.63, 3.8) is 0 Å². The number of nitrogens with one attached hydrogen (secondary N) is 3. The SMILES string of the molecule is C[C@@H]1CN(c2cc(Cl)ccc2NC(=O)c2ccc(CNC(=O)CNC(N)=O)c(F)c2F)CCN1CCC(F)(F)F. The summed E-state index contributed by atoms with van der Waals surface area (Å²) in [4.78, 5) is 38.8. The fraction of sp³-hybridized carbons (Fsp3) is 0.400. The lowest BCUT2D eigenvalue weighted by Gasteiger charge is -2.41. The van der Waals surface area contributed by atoms with Crippen LogP contribution < -0.4 is 26.6 Å². The number of benzene rings is 2. The Labute approximate surface area is 231 Å². The van der Waals surface area contributed by atoms with Gasteiger partial charge in [-0.1, -0.05) is 17.7 Å². The molecule has 1 saturated heterocycles. The predicted molar refractivity (Wildman–Crippen MR) is 139 cm³/mol. The highest BCUT2D eigenvalue weighted by Crippen LogP contribution is 2.32. The molecule has 0 aromatic heterocycles. The number of piperazine rings is 1. The van der Waals surface area contributed by atoms with E-state index in [2.05, 4.69) is 16.0 Å². The predicted octanol–water partition coefficient (Wildman–Crippen LogP) is 3.62. The maximum atomic E-state index is 14.8. The van der Waals surface area contributed by atoms with Gasteiger partial charge in [0.2, 0.25) is 5.91 Å². The summed E-state index contributed by atoms with van der Waals surface area (Å²) in [7, 11) is 0. The molecule has 1 heterocycles. The summed E-state index contributed by atoms with van der Waals surface area (Å²) >= 11 is 6.16. The Kier molecular flexibility index (Phi) is 10.1. The van der Waals surface area contributed by atoms with E-state index in [1.807, 2.05) is 4.90 Å². The lowest BCUT2D eigenvalue weighted by Crippen LogP contribution is -2.52. The third-order valence-corrected chi connectivity index (χ3v) is 6.54. The Balaban J connectivity index is 1.70. The van der Waals surface area contributed by atoms with Gasteiger partial charge < -0.3 is 26.6 Å². The first-order chi connectivity index (χ1) is 18.7. The Hall–Kier alpha value is -3.65. The van der Waals surface area contributed by atoms with Gasteiger partial charge in [0, 0.05) is 49.4 Å². The highest BCUT2D eigenvalue weighted by atomic mass is 35.5. The van der Waals surface area contributed by atoms with Crippen molar-refractivity contribution in [2.24, 2.45) is 5.73 Å². The number of hydrogen-bond donors (Lipinski definition) is 4. The van der Waals surface area contributed by atoms with Gasteiger partial charge in [0.15, 0.2) is 11.6 Å². The van der Waals surface area contributed by atoms with E-state index in [0.29, 0.717) is 30.3 Å². The number of primary amides is 1. The van der Waals surface area contributed by atoms with Crippen LogP contribution >= 0.6 is 11.6 Å². The van der Waals surface area contributed by atoms with Crippen LogP contribution in [0.3, 0.4) is 0 Å². The van der Waals surface area contributed by atoms with Crippen LogP contribution in [-0.4, -0.2) is 67.7 Å². The van der Waals surface area contributed by atoms with E-state index < -0.39 is 60.7 Å². The second-order valence-corrected chi connectivity index (χ2v) is 9.64. The molecule has 0 unspecified atom stereocenters. The Bertz CT molecular complexity index is 1260. The van der Waals surface area contributed by atoms with Crippen molar-refractivity contribution in [2.45, 2.75) is 32.1 Å². The smallest absolute Gasteiger partial charge is 0.367 e. The molecule has 1 atom stereocenters. The Morgan fingerprint density at radius 3 is 2.45 bits per heavy atom. The van der Waals surface area contributed by atoms with Crippen molar-refractivity contribution in [2.75, 3.05) is 42.9 Å². The van der Waals surface area contributed by atoms with Gasteiger partial charge in [-0.25, -0.2) is 13.6 Å². The van der Waals surface area contributed by atoms with Crippen molar-refractivity contribution >= 4 is 40.8 Å². The Morgan fingerprint density at radius 2 is 1.80 bits per heavy atom. The molecule has 1 aliphatic rings. The first-order valence-electron chi connectivity index (χ1n) is 12.2. The van der Waals surface area contributed by atoms with Gasteiger partial charge in [0.25, 0.3) is 5.91 Å². The minimum Gasteiger partial charge on any atom is -0.367 e. The van der Waals surface area contributed by atoms with Gasteiger partial charge in [0.1, 0.15) is 0 Å². The van der Waals surface area contributed by atoms with Crippen LogP contribution in [0.4, 0.5) is 38.1 Å². The summed E-state index contributed by atoms with van der Waals surface area (Å²) in [5, 5.41) is 7.24. The first kappa shape index (κ1) is 30.9. The number of rotatable bonds is 9. The second kappa shape index (κ2) is 13.1. The van der Waals surface area contributed by atoms with Gasteiger partial charge in [-0.05, 0) is 31.2 Å². The van der Waals surface area contributed by atoms with Crippen molar-refractivity contribution in [3.05, 3.63) is 58.1 Å². The molecule has 1 fully saturated rings. The van der Waals surface area contributed by atoms with Crippen LogP contribution in [0.5, 0.6) is 0 Å². The molecule has 218 valence electrons. The van der Waals surface area contributed by atoms with Crippen LogP contribution in [0.2, 0.25) is 5.02 Å². The standard InChI is InChI=1S/C25H28ClF5N6O3/c1-14-13-37(9-8-36(14)7-6-25(29,30)31)19-10-16(26)3-5-18(19)35-23(39)17-4-2-15(21(27)22(17)28)11-33-20(38)12-34-24(32)40/h2-5,10,14H,6-9,11-13H2,1H3,(H,33,38)(H,35,39)(H3,32,34,40)/t14-/m1/s1. The molecule has 0 radical (unpaired) electrons. The maximum absolute atomic E-state index is 14.8. The van der Waals surface area contributed by atoms with E-state index >= 15 is 0 Å². The molecule has 2 aromatic rings. The number of nitrogens with two attached hydrogens (primary N) is 1. The van der Waals surface area contributed by atoms with E-state index in [0.717, 1.165) is 12.1 Å². The van der Waals surface area contributed by atoms with Crippen LogP contribution in [0.1, 0.15) is 29.3 Å². The minimum atomic E-state index is -4.26. The summed E-state index contributed by atoms with van der Waals surface area (Å²) in [6.07, 6.45) is -5.18. The summed E-state index contributed by atoms with van der Waals surface area (Å²) in [6.45, 7) is 1.84. The van der Waals surface area contributed by atoms with E-state index in [1.165, 1.54) is 12.1 Å². The van der Waals surface area contributed by atoms with Gasteiger partial charge in [-0.2, -0.15) is 13.2 Å². The molecular formula is C25H28ClF5N6O3. The van der Waals surface area contributed by atoms with Crippen molar-refractivity contribution in [1.82, 2.24) is 15.5 Å². The van der Waals surface area contributed by atoms with E-state index in [4.69, 9.17) is 17.3 Å². The van der Waals surface area contributed by atoms with E-state index in [-0.39, 0.29) is 23.8 Å². The third kappa shape index (κ3) is 8.42. The number of carbonyl (C=O) groups excluding carboxylic acids is 3. The number of nitrogens with zero attached hydrogens (tertiary/aromatic N) is 2. The van der Waals surface area contributed by atoms with Crippen LogP contribution in [0.25, 0.3) is 0 Å². The highest BCUT2D eigenvalue weighted by molar-refractivity contribution is 6.31. The number of urea groups is 1. The molecule has 9 nitrogen and oxygen atoms in total. The minimum absolute atomic E-state index is 0.133. The monoisotopic (exact) mass is 590 g/mol. The largest absolute Gasteiger partial charge is 0.390 e. The summed E-state index contributed by atoms with van der Waals surface area (Å²) in [6, 6.07) is 5.61. The fourth-order valence-corrected chi connectivity index (χ4v) is 4.37. The molecule has 3 rings (SSSR count). The van der Waals surface area contributed by atoms with Gasteiger partial charge in [-0.3, -0.25) is 14.5 Å². The van der Waals surface area contributed by atoms with Crippen molar-refractivity contribution in [1.29, 1.82) is 0 Å². The molecule has 40 heavy (non-hydrogen) atoms. The number of amides is 4. The number of carbonyl (C=O) groups is 3. The number of anilines is 2. The quantitative estimate of drug-likeness (QED) is 0.333. The van der Waals surface area contributed by atoms with E-state index in [1.54, 1.807) is 17.9 Å². The lowest BCUT2D eigenvalue weighted by molar-refractivity contribution is -0.139. The topological polar surface area (TPSA) is 120 Å². The summed E-state index contributed by atoms with van der Waals surface area (Å²) < 4.78 is 67.5. The molecule has 2 aromatic carbocycles. The zero-order chi connectivity index (χ0) is 29.6. The van der Waals surface area contributed by atoms with Crippen molar-refractivity contribution < 1.29 is 36.3 Å². The molecular weight excluding hydrogens is 563 g/mol. The van der Waals surface area contributed by atoms with Gasteiger partial charge >= 0.3 is 12.2 Å². The first-order valence-corrected chi connectivity index (χ1v) is 12.6. The third-order valence-electron chi connectivity index (χ3n) is 6.30. The molecule has 0 spiro atoms.